The normalized spacial score (nSPS) is 36.9. The van der Waals surface area contributed by atoms with Crippen molar-refractivity contribution in [3.05, 3.63) is 10.6 Å². The average molecular weight is 456 g/mol. The number of amides is 2. The number of nitrogens with zero attached hydrogens (tertiary/aromatic N) is 2. The SMILES string of the molecule is CC1(C)CC(=O)c2sc(NC(=O)C3CCCN3C(=O)C34CC5CC(CC(C5)C3)C4)nc2C1. The number of nitrogens with one attached hydrogen (secondary N) is 1. The number of Topliss-reactive ketones (excluding diaryl/α,β-unsaturated/α-hetero) is 1. The summed E-state index contributed by atoms with van der Waals surface area (Å²) in [5.41, 5.74) is 0.501. The molecule has 6 aliphatic rings. The Bertz CT molecular complexity index is 961. The first-order chi connectivity index (χ1) is 15.2. The first-order valence-corrected chi connectivity index (χ1v) is 13.2. The lowest BCUT2D eigenvalue weighted by molar-refractivity contribution is -0.160. The molecule has 7 heteroatoms. The van der Waals surface area contributed by atoms with E-state index in [1.54, 1.807) is 0 Å². The van der Waals surface area contributed by atoms with Crippen LogP contribution >= 0.6 is 11.3 Å². The van der Waals surface area contributed by atoms with E-state index < -0.39 is 6.04 Å². The minimum Gasteiger partial charge on any atom is -0.330 e. The van der Waals surface area contributed by atoms with E-state index in [-0.39, 0.29) is 28.4 Å². The lowest BCUT2D eigenvalue weighted by Gasteiger charge is -2.56. The van der Waals surface area contributed by atoms with Crippen LogP contribution in [0, 0.1) is 28.6 Å². The number of fused-ring (bicyclic) bond motifs is 1. The Morgan fingerprint density at radius 2 is 1.72 bits per heavy atom. The third-order valence-corrected chi connectivity index (χ3v) is 9.83. The zero-order valence-corrected chi connectivity index (χ0v) is 19.9. The Kier molecular flexibility index (Phi) is 4.63. The first-order valence-electron chi connectivity index (χ1n) is 12.4. The van der Waals surface area contributed by atoms with Crippen molar-refractivity contribution in [2.75, 3.05) is 11.9 Å². The first kappa shape index (κ1) is 20.8. The molecule has 0 radical (unpaired) electrons. The molecular weight excluding hydrogens is 422 g/mol. The van der Waals surface area contributed by atoms with Crippen LogP contribution < -0.4 is 5.32 Å². The molecule has 4 bridgehead atoms. The molecule has 32 heavy (non-hydrogen) atoms. The maximum Gasteiger partial charge on any atom is 0.248 e. The number of carbonyl (C=O) groups is 3. The molecule has 5 aliphatic carbocycles. The van der Waals surface area contributed by atoms with Crippen molar-refractivity contribution in [1.82, 2.24) is 9.88 Å². The van der Waals surface area contributed by atoms with Crippen LogP contribution in [0.1, 0.15) is 87.0 Å². The molecule has 2 heterocycles. The van der Waals surface area contributed by atoms with E-state index in [9.17, 15) is 14.4 Å². The van der Waals surface area contributed by atoms with E-state index in [0.29, 0.717) is 47.1 Å². The summed E-state index contributed by atoms with van der Waals surface area (Å²) in [5.74, 6) is 2.35. The molecule has 0 aromatic carbocycles. The highest BCUT2D eigenvalue weighted by molar-refractivity contribution is 7.17. The Hall–Kier alpha value is -1.76. The number of rotatable bonds is 3. The average Bonchev–Trinajstić information content (AvgIpc) is 3.32. The Morgan fingerprint density at radius 1 is 1.06 bits per heavy atom. The fourth-order valence-electron chi connectivity index (χ4n) is 7.92. The highest BCUT2D eigenvalue weighted by Crippen LogP contribution is 2.60. The number of ketones is 1. The van der Waals surface area contributed by atoms with Gasteiger partial charge in [-0.05, 0) is 81.0 Å². The van der Waals surface area contributed by atoms with Gasteiger partial charge in [-0.3, -0.25) is 14.4 Å². The molecule has 1 aromatic heterocycles. The van der Waals surface area contributed by atoms with E-state index in [4.69, 9.17) is 0 Å². The summed E-state index contributed by atoms with van der Waals surface area (Å²) in [6.45, 7) is 4.84. The molecule has 7 rings (SSSR count). The standard InChI is InChI=1S/C25H33N3O3S/c1-24(2)12-17-20(19(29)13-24)32-23(26-17)27-21(30)18-4-3-5-28(18)22(31)25-9-14-6-15(10-25)8-16(7-14)11-25/h14-16,18H,3-13H2,1-2H3,(H,26,27,30). The molecule has 172 valence electrons. The maximum absolute atomic E-state index is 13.8. The summed E-state index contributed by atoms with van der Waals surface area (Å²) in [5, 5.41) is 3.47. The molecule has 5 fully saturated rings. The zero-order valence-electron chi connectivity index (χ0n) is 19.1. The van der Waals surface area contributed by atoms with Crippen LogP contribution in [0.5, 0.6) is 0 Å². The summed E-state index contributed by atoms with van der Waals surface area (Å²) >= 11 is 1.29. The van der Waals surface area contributed by atoms with Gasteiger partial charge in [-0.2, -0.15) is 0 Å². The number of hydrogen-bond donors (Lipinski definition) is 1. The van der Waals surface area contributed by atoms with Gasteiger partial charge < -0.3 is 10.2 Å². The van der Waals surface area contributed by atoms with Gasteiger partial charge in [-0.15, -0.1) is 0 Å². The Morgan fingerprint density at radius 3 is 2.38 bits per heavy atom. The molecule has 2 amide bonds. The number of likely N-dealkylation sites (tertiary alicyclic amines) is 1. The second kappa shape index (κ2) is 7.12. The van der Waals surface area contributed by atoms with Crippen LogP contribution in [-0.4, -0.2) is 40.1 Å². The molecule has 1 unspecified atom stereocenters. The van der Waals surface area contributed by atoms with Gasteiger partial charge in [-0.1, -0.05) is 25.2 Å². The minimum absolute atomic E-state index is 0.0913. The number of hydrogen-bond acceptors (Lipinski definition) is 5. The summed E-state index contributed by atoms with van der Waals surface area (Å²) in [4.78, 5) is 46.8. The molecule has 1 aliphatic heterocycles. The van der Waals surface area contributed by atoms with Gasteiger partial charge in [0.05, 0.1) is 16.0 Å². The van der Waals surface area contributed by atoms with Gasteiger partial charge in [-0.25, -0.2) is 4.98 Å². The highest BCUT2D eigenvalue weighted by atomic mass is 32.1. The minimum atomic E-state index is -0.413. The number of thiazole rings is 1. The Labute approximate surface area is 193 Å². The predicted octanol–water partition coefficient (Wildman–Crippen LogP) is 4.44. The maximum atomic E-state index is 13.8. The molecule has 6 nitrogen and oxygen atoms in total. The third kappa shape index (κ3) is 3.34. The quantitative estimate of drug-likeness (QED) is 0.731. The van der Waals surface area contributed by atoms with E-state index in [1.807, 2.05) is 4.90 Å². The molecule has 1 N–H and O–H groups in total. The smallest absolute Gasteiger partial charge is 0.248 e. The fourth-order valence-corrected chi connectivity index (χ4v) is 8.84. The van der Waals surface area contributed by atoms with Crippen molar-refractivity contribution in [1.29, 1.82) is 0 Å². The number of aromatic nitrogens is 1. The molecule has 4 saturated carbocycles. The topological polar surface area (TPSA) is 79.4 Å². The zero-order chi connectivity index (χ0) is 22.3. The van der Waals surface area contributed by atoms with Gasteiger partial charge in [0.15, 0.2) is 10.9 Å². The van der Waals surface area contributed by atoms with Gasteiger partial charge in [0.2, 0.25) is 11.8 Å². The van der Waals surface area contributed by atoms with Gasteiger partial charge in [0.25, 0.3) is 0 Å². The van der Waals surface area contributed by atoms with Crippen molar-refractivity contribution in [2.45, 2.75) is 84.1 Å². The summed E-state index contributed by atoms with van der Waals surface area (Å²) in [6.07, 6.45) is 9.85. The van der Waals surface area contributed by atoms with Crippen LogP contribution in [0.25, 0.3) is 0 Å². The molecule has 1 aromatic rings. The van der Waals surface area contributed by atoms with Crippen LogP contribution in [0.3, 0.4) is 0 Å². The van der Waals surface area contributed by atoms with Crippen LogP contribution in [0.4, 0.5) is 5.13 Å². The molecule has 1 atom stereocenters. The largest absolute Gasteiger partial charge is 0.330 e. The van der Waals surface area contributed by atoms with Crippen molar-refractivity contribution in [3.63, 3.8) is 0 Å². The molecule has 1 saturated heterocycles. The second-order valence-electron chi connectivity index (χ2n) is 12.1. The van der Waals surface area contributed by atoms with Gasteiger partial charge in [0, 0.05) is 13.0 Å². The summed E-state index contributed by atoms with van der Waals surface area (Å²) in [7, 11) is 0. The second-order valence-corrected chi connectivity index (χ2v) is 13.1. The summed E-state index contributed by atoms with van der Waals surface area (Å²) in [6, 6.07) is -0.413. The number of carbonyl (C=O) groups excluding carboxylic acids is 3. The van der Waals surface area contributed by atoms with E-state index in [1.165, 1.54) is 30.6 Å². The van der Waals surface area contributed by atoms with E-state index >= 15 is 0 Å². The predicted molar refractivity (Wildman–Crippen MR) is 123 cm³/mol. The van der Waals surface area contributed by atoms with Crippen LogP contribution in [-0.2, 0) is 16.0 Å². The Balaban J connectivity index is 1.19. The highest BCUT2D eigenvalue weighted by Gasteiger charge is 2.56. The van der Waals surface area contributed by atoms with Gasteiger partial charge >= 0.3 is 0 Å². The third-order valence-electron chi connectivity index (χ3n) is 8.77. The van der Waals surface area contributed by atoms with E-state index in [2.05, 4.69) is 24.1 Å². The monoisotopic (exact) mass is 455 g/mol. The van der Waals surface area contributed by atoms with Crippen molar-refractivity contribution in [2.24, 2.45) is 28.6 Å². The molecule has 0 spiro atoms. The van der Waals surface area contributed by atoms with Crippen molar-refractivity contribution >= 4 is 34.1 Å². The van der Waals surface area contributed by atoms with Crippen molar-refractivity contribution < 1.29 is 14.4 Å². The van der Waals surface area contributed by atoms with E-state index in [0.717, 1.165) is 37.8 Å². The van der Waals surface area contributed by atoms with Crippen LogP contribution in [0.15, 0.2) is 0 Å². The fraction of sp³-hybridized carbons (Fsp3) is 0.760. The van der Waals surface area contributed by atoms with Gasteiger partial charge in [0.1, 0.15) is 6.04 Å². The molecular formula is C25H33N3O3S. The van der Waals surface area contributed by atoms with Crippen molar-refractivity contribution in [3.8, 4) is 0 Å². The lowest BCUT2D eigenvalue weighted by atomic mass is 9.49. The lowest BCUT2D eigenvalue weighted by Crippen LogP contribution is -2.56. The summed E-state index contributed by atoms with van der Waals surface area (Å²) < 4.78 is 0. The number of anilines is 1. The van der Waals surface area contributed by atoms with Crippen LogP contribution in [0.2, 0.25) is 0 Å².